The van der Waals surface area contributed by atoms with E-state index < -0.39 is 0 Å². The standard InChI is InChI=1S/C4H2N6O/c11-4-7-3(9-10-4)2-5-1-6-8-2/h1H,(H,7,11). The first-order valence-corrected chi connectivity index (χ1v) is 2.73. The van der Waals surface area contributed by atoms with Crippen LogP contribution < -0.4 is 0 Å². The van der Waals surface area contributed by atoms with E-state index in [9.17, 15) is 0 Å². The minimum absolute atomic E-state index is 0.181. The number of nitrogens with zero attached hydrogens (tertiary/aromatic N) is 6. The number of hydrogen-bond donors (Lipinski definition) is 1. The molecule has 1 N–H and O–H groups in total. The van der Waals surface area contributed by atoms with Crippen molar-refractivity contribution < 1.29 is 5.11 Å². The van der Waals surface area contributed by atoms with Crippen molar-refractivity contribution in [2.75, 3.05) is 0 Å². The Kier molecular flexibility index (Phi) is 1.08. The number of hydrogen-bond acceptors (Lipinski definition) is 6. The molecule has 0 unspecified atom stereocenters. The minimum Gasteiger partial charge on any atom is -0.478 e. The highest BCUT2D eigenvalue weighted by Crippen LogP contribution is 2.18. The Morgan fingerprint density at radius 2 is 2.00 bits per heavy atom. The van der Waals surface area contributed by atoms with Crippen molar-refractivity contribution in [1.82, 2.24) is 0 Å². The average molecular weight is 150 g/mol. The summed E-state index contributed by atoms with van der Waals surface area (Å²) in [5.41, 5.74) is 0. The summed E-state index contributed by atoms with van der Waals surface area (Å²) < 4.78 is 0. The Labute approximate surface area is 60.6 Å². The highest BCUT2D eigenvalue weighted by Gasteiger charge is 2.12. The molecule has 0 aliphatic carbocycles. The molecule has 2 heterocycles. The molecule has 0 fully saturated rings. The maximum absolute atomic E-state index is 8.69. The fourth-order valence-corrected chi connectivity index (χ4v) is 0.616. The summed E-state index contributed by atoms with van der Waals surface area (Å²) in [6.45, 7) is 0. The predicted molar refractivity (Wildman–Crippen MR) is 35.3 cm³/mol. The Balaban J connectivity index is 2.44. The van der Waals surface area contributed by atoms with E-state index in [1.54, 1.807) is 0 Å². The quantitative estimate of drug-likeness (QED) is 0.547. The molecule has 11 heavy (non-hydrogen) atoms. The van der Waals surface area contributed by atoms with Crippen molar-refractivity contribution >= 4 is 12.4 Å². The lowest BCUT2D eigenvalue weighted by Gasteiger charge is -1.83. The smallest absolute Gasteiger partial charge is 0.335 e. The molecule has 0 saturated carbocycles. The van der Waals surface area contributed by atoms with Crippen molar-refractivity contribution in [2.45, 2.75) is 0 Å². The molecule has 0 aromatic carbocycles. The van der Waals surface area contributed by atoms with Crippen LogP contribution in [0.3, 0.4) is 0 Å². The molecule has 7 heteroatoms. The van der Waals surface area contributed by atoms with E-state index in [0.29, 0.717) is 0 Å². The van der Waals surface area contributed by atoms with Crippen LogP contribution >= 0.6 is 0 Å². The molecule has 0 saturated heterocycles. The van der Waals surface area contributed by atoms with Gasteiger partial charge in [-0.25, -0.2) is 4.99 Å². The Bertz CT molecular complexity index is 320. The van der Waals surface area contributed by atoms with Gasteiger partial charge in [-0.15, -0.1) is 15.3 Å². The molecular weight excluding hydrogens is 148 g/mol. The molecule has 7 nitrogen and oxygen atoms in total. The van der Waals surface area contributed by atoms with Crippen molar-refractivity contribution in [2.24, 2.45) is 30.4 Å². The normalized spacial score (nSPS) is 26.7. The van der Waals surface area contributed by atoms with Crippen LogP contribution in [0.15, 0.2) is 42.1 Å². The molecule has 54 valence electrons. The zero-order chi connectivity index (χ0) is 7.68. The SMILES string of the molecule is OC1=NC(=C2N=CN=N2)N=N1. The topological polar surface area (TPSA) is 94.4 Å². The highest BCUT2D eigenvalue weighted by atomic mass is 16.3. The maximum Gasteiger partial charge on any atom is 0.335 e. The molecule has 0 amide bonds. The third-order valence-corrected chi connectivity index (χ3v) is 1.02. The van der Waals surface area contributed by atoms with Gasteiger partial charge in [-0.3, -0.25) is 0 Å². The third kappa shape index (κ3) is 0.914. The minimum atomic E-state index is -0.384. The summed E-state index contributed by atoms with van der Waals surface area (Å²) in [7, 11) is 0. The maximum atomic E-state index is 8.69. The molecule has 2 aliphatic rings. The van der Waals surface area contributed by atoms with Crippen LogP contribution in [0.1, 0.15) is 0 Å². The van der Waals surface area contributed by atoms with E-state index in [2.05, 4.69) is 30.4 Å². The number of amidine groups is 1. The summed E-state index contributed by atoms with van der Waals surface area (Å²) in [6.07, 6.45) is 1.27. The van der Waals surface area contributed by atoms with E-state index in [4.69, 9.17) is 5.11 Å². The van der Waals surface area contributed by atoms with Crippen LogP contribution in [0.5, 0.6) is 0 Å². The fourth-order valence-electron chi connectivity index (χ4n) is 0.616. The molecule has 2 aliphatic heterocycles. The first-order chi connectivity index (χ1) is 5.36. The van der Waals surface area contributed by atoms with Gasteiger partial charge >= 0.3 is 6.02 Å². The largest absolute Gasteiger partial charge is 0.478 e. The summed E-state index contributed by atoms with van der Waals surface area (Å²) >= 11 is 0. The summed E-state index contributed by atoms with van der Waals surface area (Å²) in [5.74, 6) is 0.442. The molecule has 0 radical (unpaired) electrons. The van der Waals surface area contributed by atoms with Gasteiger partial charge in [0.05, 0.1) is 0 Å². The summed E-state index contributed by atoms with van der Waals surface area (Å²) in [4.78, 5) is 7.22. The molecule has 0 aromatic heterocycles. The Morgan fingerprint density at radius 1 is 1.09 bits per heavy atom. The van der Waals surface area contributed by atoms with Gasteiger partial charge in [-0.2, -0.15) is 4.99 Å². The third-order valence-electron chi connectivity index (χ3n) is 1.02. The number of aliphatic hydroxyl groups excluding tert-OH is 1. The first kappa shape index (κ1) is 5.83. The van der Waals surface area contributed by atoms with E-state index >= 15 is 0 Å². The molecular formula is C4H2N6O. The van der Waals surface area contributed by atoms with Crippen molar-refractivity contribution in [1.29, 1.82) is 0 Å². The molecule has 0 spiro atoms. The van der Waals surface area contributed by atoms with Crippen LogP contribution in [0, 0.1) is 0 Å². The van der Waals surface area contributed by atoms with Crippen LogP contribution in [-0.4, -0.2) is 17.5 Å². The molecule has 0 aromatic rings. The van der Waals surface area contributed by atoms with Crippen LogP contribution in [-0.2, 0) is 0 Å². The van der Waals surface area contributed by atoms with Crippen molar-refractivity contribution in [3.63, 3.8) is 0 Å². The van der Waals surface area contributed by atoms with Gasteiger partial charge in [0.25, 0.3) is 0 Å². The van der Waals surface area contributed by atoms with E-state index in [-0.39, 0.29) is 17.7 Å². The summed E-state index contributed by atoms with van der Waals surface area (Å²) in [5, 5.41) is 22.5. The van der Waals surface area contributed by atoms with Gasteiger partial charge in [0, 0.05) is 0 Å². The second kappa shape index (κ2) is 2.04. The van der Waals surface area contributed by atoms with Crippen molar-refractivity contribution in [3.05, 3.63) is 11.6 Å². The highest BCUT2D eigenvalue weighted by molar-refractivity contribution is 5.74. The predicted octanol–water partition coefficient (Wildman–Crippen LogP) is 0.987. The second-order valence-electron chi connectivity index (χ2n) is 1.72. The molecule has 0 atom stereocenters. The first-order valence-electron chi connectivity index (χ1n) is 2.73. The van der Waals surface area contributed by atoms with E-state index in [1.807, 2.05) is 0 Å². The zero-order valence-corrected chi connectivity index (χ0v) is 5.21. The van der Waals surface area contributed by atoms with Gasteiger partial charge in [0.1, 0.15) is 6.34 Å². The lowest BCUT2D eigenvalue weighted by atomic mass is 10.7. The lowest BCUT2D eigenvalue weighted by molar-refractivity contribution is 0.544. The second-order valence-corrected chi connectivity index (χ2v) is 1.72. The van der Waals surface area contributed by atoms with Crippen molar-refractivity contribution in [3.8, 4) is 0 Å². The number of rotatable bonds is 0. The fraction of sp³-hybridized carbons (Fsp3) is 0. The van der Waals surface area contributed by atoms with Crippen LogP contribution in [0.25, 0.3) is 0 Å². The molecule has 0 bridgehead atoms. The van der Waals surface area contributed by atoms with Gasteiger partial charge < -0.3 is 5.11 Å². The Morgan fingerprint density at radius 3 is 2.55 bits per heavy atom. The van der Waals surface area contributed by atoms with Gasteiger partial charge in [-0.1, -0.05) is 5.11 Å². The van der Waals surface area contributed by atoms with Gasteiger partial charge in [-0.05, 0) is 0 Å². The number of aliphatic imine (C=N–C) groups is 2. The number of azo groups is 2. The van der Waals surface area contributed by atoms with E-state index in [1.165, 1.54) is 6.34 Å². The zero-order valence-electron chi connectivity index (χ0n) is 5.21. The van der Waals surface area contributed by atoms with E-state index in [0.717, 1.165) is 0 Å². The van der Waals surface area contributed by atoms with Gasteiger partial charge in [0.15, 0.2) is 0 Å². The number of aliphatic hydroxyl groups is 1. The van der Waals surface area contributed by atoms with Crippen LogP contribution in [0.4, 0.5) is 0 Å². The average Bonchev–Trinajstić information content (AvgIpc) is 2.55. The summed E-state index contributed by atoms with van der Waals surface area (Å²) in [6, 6.07) is -0.384. The molecule has 2 rings (SSSR count). The Hall–Kier alpha value is -1.92. The van der Waals surface area contributed by atoms with Crippen LogP contribution in [0.2, 0.25) is 0 Å². The van der Waals surface area contributed by atoms with Gasteiger partial charge in [0.2, 0.25) is 11.6 Å². The lowest BCUT2D eigenvalue weighted by Crippen LogP contribution is -1.82. The monoisotopic (exact) mass is 150 g/mol.